The molecule has 0 unspecified atom stereocenters. The first kappa shape index (κ1) is 17.4. The van der Waals surface area contributed by atoms with E-state index in [1.165, 1.54) is 0 Å². The lowest BCUT2D eigenvalue weighted by atomic mass is 9.82. The van der Waals surface area contributed by atoms with E-state index in [1.807, 2.05) is 0 Å². The topological polar surface area (TPSA) is 133 Å². The number of ether oxygens (including phenoxy) is 1. The van der Waals surface area contributed by atoms with Crippen molar-refractivity contribution in [1.82, 2.24) is 5.32 Å². The lowest BCUT2D eigenvalue weighted by molar-refractivity contribution is -0.143. The van der Waals surface area contributed by atoms with Crippen LogP contribution in [0.3, 0.4) is 0 Å². The average Bonchev–Trinajstić information content (AvgIpc) is 2.96. The second-order valence-electron chi connectivity index (χ2n) is 6.18. The molecule has 2 aliphatic rings. The van der Waals surface area contributed by atoms with E-state index >= 15 is 0 Å². The molecule has 2 saturated heterocycles. The number of carboxylic acid groups (broad SMARTS) is 2. The van der Waals surface area contributed by atoms with E-state index in [4.69, 9.17) is 9.84 Å². The molecular formula is C15H21NO7. The molecule has 4 N–H and O–H groups in total. The summed E-state index contributed by atoms with van der Waals surface area (Å²) < 4.78 is 5.09. The van der Waals surface area contributed by atoms with E-state index in [2.05, 4.69) is 5.32 Å². The van der Waals surface area contributed by atoms with Gasteiger partial charge in [0.25, 0.3) is 0 Å². The van der Waals surface area contributed by atoms with Crippen LogP contribution in [-0.4, -0.2) is 58.0 Å². The van der Waals surface area contributed by atoms with Crippen molar-refractivity contribution in [1.29, 1.82) is 0 Å². The van der Waals surface area contributed by atoms with Crippen molar-refractivity contribution in [2.24, 2.45) is 17.8 Å². The van der Waals surface area contributed by atoms with Gasteiger partial charge in [-0.25, -0.2) is 0 Å². The number of rotatable bonds is 5. The Kier molecular flexibility index (Phi) is 5.06. The summed E-state index contributed by atoms with van der Waals surface area (Å²) in [5.74, 6) is -4.17. The van der Waals surface area contributed by atoms with Gasteiger partial charge in [-0.1, -0.05) is 5.57 Å². The van der Waals surface area contributed by atoms with Crippen LogP contribution in [0.5, 0.6) is 0 Å². The zero-order chi connectivity index (χ0) is 17.3. The second-order valence-corrected chi connectivity index (χ2v) is 6.18. The van der Waals surface area contributed by atoms with Crippen LogP contribution >= 0.6 is 0 Å². The van der Waals surface area contributed by atoms with Gasteiger partial charge in [-0.3, -0.25) is 14.4 Å². The maximum atomic E-state index is 11.5. The fraction of sp³-hybridized carbons (Fsp3) is 0.667. The van der Waals surface area contributed by atoms with Crippen LogP contribution in [-0.2, 0) is 19.1 Å². The highest BCUT2D eigenvalue weighted by Gasteiger charge is 2.43. The molecule has 23 heavy (non-hydrogen) atoms. The van der Waals surface area contributed by atoms with Gasteiger partial charge in [0.15, 0.2) is 0 Å². The van der Waals surface area contributed by atoms with E-state index < -0.39 is 48.0 Å². The average molecular weight is 327 g/mol. The van der Waals surface area contributed by atoms with Crippen LogP contribution in [0.2, 0.25) is 0 Å². The number of aliphatic carboxylic acids is 2. The van der Waals surface area contributed by atoms with Crippen molar-refractivity contribution in [3.05, 3.63) is 11.6 Å². The molecule has 128 valence electrons. The Morgan fingerprint density at radius 1 is 1.39 bits per heavy atom. The summed E-state index contributed by atoms with van der Waals surface area (Å²) in [6.45, 7) is 3.62. The number of carboxylic acids is 2. The van der Waals surface area contributed by atoms with E-state index in [0.717, 1.165) is 0 Å². The van der Waals surface area contributed by atoms with Crippen LogP contribution in [0.4, 0.5) is 0 Å². The van der Waals surface area contributed by atoms with Crippen LogP contribution < -0.4 is 5.32 Å². The number of aliphatic hydroxyl groups is 1. The molecule has 0 radical (unpaired) electrons. The number of cyclic esters (lactones) is 1. The summed E-state index contributed by atoms with van der Waals surface area (Å²) >= 11 is 0. The Hall–Kier alpha value is -1.93. The molecular weight excluding hydrogens is 306 g/mol. The van der Waals surface area contributed by atoms with Crippen molar-refractivity contribution in [3.63, 3.8) is 0 Å². The van der Waals surface area contributed by atoms with E-state index in [0.29, 0.717) is 12.1 Å². The molecule has 0 aromatic rings. The standard InChI is InChI=1S/C15H21NO7/c1-6(3-10-13(19)7(2)15(22)23-10)9-5-16-12(14(20)21)8(9)4-11(17)18/h3,7-10,12-13,16,19H,4-5H2,1-2H3,(H,17,18)(H,20,21)/b6-3-/t7-,8+,9-,10+,12+,13-/m1/s1. The predicted molar refractivity (Wildman–Crippen MR) is 77.5 cm³/mol. The molecule has 0 amide bonds. The third-order valence-corrected chi connectivity index (χ3v) is 4.66. The van der Waals surface area contributed by atoms with Crippen LogP contribution in [0, 0.1) is 17.8 Å². The molecule has 8 heteroatoms. The van der Waals surface area contributed by atoms with Crippen molar-refractivity contribution in [2.45, 2.75) is 38.5 Å². The van der Waals surface area contributed by atoms with Crippen molar-refractivity contribution in [2.75, 3.05) is 6.54 Å². The molecule has 6 atom stereocenters. The van der Waals surface area contributed by atoms with Crippen LogP contribution in [0.15, 0.2) is 11.6 Å². The van der Waals surface area contributed by atoms with Gasteiger partial charge in [-0.15, -0.1) is 0 Å². The van der Waals surface area contributed by atoms with Gasteiger partial charge < -0.3 is 25.4 Å². The number of hydrogen-bond donors (Lipinski definition) is 4. The fourth-order valence-corrected chi connectivity index (χ4v) is 3.27. The molecule has 0 aromatic heterocycles. The molecule has 2 rings (SSSR count). The first-order valence-electron chi connectivity index (χ1n) is 7.47. The minimum Gasteiger partial charge on any atom is -0.481 e. The fourth-order valence-electron chi connectivity index (χ4n) is 3.27. The summed E-state index contributed by atoms with van der Waals surface area (Å²) in [4.78, 5) is 33.8. The SMILES string of the molecule is C/C(=C/[C@@H]1OC(=O)[C@H](C)[C@H]1O)[C@H]1CN[C@H](C(=O)O)[C@H]1CC(=O)O. The first-order chi connectivity index (χ1) is 10.7. The third kappa shape index (κ3) is 3.53. The maximum Gasteiger partial charge on any atom is 0.321 e. The smallest absolute Gasteiger partial charge is 0.321 e. The predicted octanol–water partition coefficient (Wildman–Crippen LogP) is -0.381. The van der Waals surface area contributed by atoms with Crippen molar-refractivity contribution >= 4 is 17.9 Å². The Morgan fingerprint density at radius 3 is 2.52 bits per heavy atom. The number of aliphatic hydroxyl groups excluding tert-OH is 1. The van der Waals surface area contributed by atoms with E-state index in [1.54, 1.807) is 19.9 Å². The Bertz CT molecular complexity index is 544. The number of hydrogen-bond acceptors (Lipinski definition) is 6. The zero-order valence-electron chi connectivity index (χ0n) is 12.9. The van der Waals surface area contributed by atoms with Gasteiger partial charge in [-0.2, -0.15) is 0 Å². The summed E-state index contributed by atoms with van der Waals surface area (Å²) in [5.41, 5.74) is 0.707. The lowest BCUT2D eigenvalue weighted by Crippen LogP contribution is -2.37. The van der Waals surface area contributed by atoms with Gasteiger partial charge >= 0.3 is 17.9 Å². The van der Waals surface area contributed by atoms with Crippen LogP contribution in [0.1, 0.15) is 20.3 Å². The quantitative estimate of drug-likeness (QED) is 0.397. The second kappa shape index (κ2) is 6.67. The van der Waals surface area contributed by atoms with Gasteiger partial charge in [0, 0.05) is 12.5 Å². The zero-order valence-corrected chi connectivity index (χ0v) is 12.9. The minimum absolute atomic E-state index is 0.275. The molecule has 0 aliphatic carbocycles. The highest BCUT2D eigenvalue weighted by Crippen LogP contribution is 2.33. The van der Waals surface area contributed by atoms with Gasteiger partial charge in [0.1, 0.15) is 18.2 Å². The van der Waals surface area contributed by atoms with E-state index in [9.17, 15) is 24.6 Å². The third-order valence-electron chi connectivity index (χ3n) is 4.66. The normalized spacial score (nSPS) is 37.7. The van der Waals surface area contributed by atoms with Gasteiger partial charge in [0.05, 0.1) is 12.3 Å². The monoisotopic (exact) mass is 327 g/mol. The van der Waals surface area contributed by atoms with Gasteiger partial charge in [0.2, 0.25) is 0 Å². The number of esters is 1. The summed E-state index contributed by atoms with van der Waals surface area (Å²) in [5, 5.41) is 31.0. The summed E-state index contributed by atoms with van der Waals surface area (Å²) in [6.07, 6.45) is -0.423. The molecule has 2 fully saturated rings. The largest absolute Gasteiger partial charge is 0.481 e. The van der Waals surface area contributed by atoms with E-state index in [-0.39, 0.29) is 12.3 Å². The molecule has 2 aliphatic heterocycles. The van der Waals surface area contributed by atoms with Gasteiger partial charge in [-0.05, 0) is 25.8 Å². The summed E-state index contributed by atoms with van der Waals surface area (Å²) in [7, 11) is 0. The highest BCUT2D eigenvalue weighted by molar-refractivity contribution is 5.77. The van der Waals surface area contributed by atoms with Crippen LogP contribution in [0.25, 0.3) is 0 Å². The minimum atomic E-state index is -1.09. The molecule has 0 bridgehead atoms. The Morgan fingerprint density at radius 2 is 2.04 bits per heavy atom. The molecule has 2 heterocycles. The number of carbonyl (C=O) groups excluding carboxylic acids is 1. The van der Waals surface area contributed by atoms with Crippen molar-refractivity contribution < 1.29 is 34.4 Å². The number of nitrogens with one attached hydrogen (secondary N) is 1. The van der Waals surface area contributed by atoms with Crippen molar-refractivity contribution in [3.8, 4) is 0 Å². The first-order valence-corrected chi connectivity index (χ1v) is 7.47. The highest BCUT2D eigenvalue weighted by atomic mass is 16.6. The summed E-state index contributed by atoms with van der Waals surface area (Å²) in [6, 6.07) is -0.936. The molecule has 0 saturated carbocycles. The molecule has 0 spiro atoms. The Labute approximate surface area is 133 Å². The number of carbonyl (C=O) groups is 3. The molecule has 8 nitrogen and oxygen atoms in total. The Balaban J connectivity index is 2.18. The molecule has 0 aromatic carbocycles. The maximum absolute atomic E-state index is 11.5. The lowest BCUT2D eigenvalue weighted by Gasteiger charge is -2.22.